The first-order chi connectivity index (χ1) is 8.70. The number of amides is 1. The summed E-state index contributed by atoms with van der Waals surface area (Å²) in [6.07, 6.45) is 4.96. The average Bonchev–Trinajstić information content (AvgIpc) is 2.41. The lowest BCUT2D eigenvalue weighted by atomic mass is 10.2. The van der Waals surface area contributed by atoms with Crippen molar-refractivity contribution >= 4 is 17.3 Å². The molecule has 1 amide bonds. The first-order valence-electron chi connectivity index (χ1n) is 5.56. The summed E-state index contributed by atoms with van der Waals surface area (Å²) in [4.78, 5) is 20.0. The van der Waals surface area contributed by atoms with Gasteiger partial charge in [-0.1, -0.05) is 0 Å². The van der Waals surface area contributed by atoms with Crippen LogP contribution in [0.4, 0.5) is 11.4 Å². The Morgan fingerprint density at radius 3 is 2.67 bits per heavy atom. The summed E-state index contributed by atoms with van der Waals surface area (Å²) in [7, 11) is 1.80. The van der Waals surface area contributed by atoms with Gasteiger partial charge in [0, 0.05) is 25.1 Å². The van der Waals surface area contributed by atoms with Gasteiger partial charge in [0.1, 0.15) is 5.69 Å². The molecule has 0 aromatic carbocycles. The molecule has 0 radical (unpaired) electrons. The van der Waals surface area contributed by atoms with Gasteiger partial charge in [0.05, 0.1) is 11.9 Å². The Morgan fingerprint density at radius 2 is 2.06 bits per heavy atom. The average molecular weight is 242 g/mol. The van der Waals surface area contributed by atoms with Crippen LogP contribution < -0.4 is 10.6 Å². The number of carbonyl (C=O) groups is 1. The predicted octanol–water partition coefficient (Wildman–Crippen LogP) is 2.08. The van der Waals surface area contributed by atoms with E-state index in [1.54, 1.807) is 43.8 Å². The number of anilines is 2. The van der Waals surface area contributed by atoms with E-state index in [0.29, 0.717) is 5.69 Å². The molecule has 2 rings (SSSR count). The molecule has 0 unspecified atom stereocenters. The maximum absolute atomic E-state index is 12.0. The highest BCUT2D eigenvalue weighted by Crippen LogP contribution is 2.13. The van der Waals surface area contributed by atoms with E-state index in [9.17, 15) is 4.79 Å². The van der Waals surface area contributed by atoms with Gasteiger partial charge >= 0.3 is 0 Å². The number of nitrogens with zero attached hydrogens (tertiary/aromatic N) is 2. The molecular formula is C13H14N4O. The molecule has 2 heterocycles. The van der Waals surface area contributed by atoms with Crippen LogP contribution in [-0.2, 0) is 0 Å². The molecule has 0 bridgehead atoms. The molecule has 92 valence electrons. The number of rotatable bonds is 3. The van der Waals surface area contributed by atoms with Crippen molar-refractivity contribution < 1.29 is 4.79 Å². The van der Waals surface area contributed by atoms with E-state index in [2.05, 4.69) is 20.6 Å². The van der Waals surface area contributed by atoms with E-state index >= 15 is 0 Å². The van der Waals surface area contributed by atoms with Crippen LogP contribution in [0, 0.1) is 6.92 Å². The van der Waals surface area contributed by atoms with Crippen molar-refractivity contribution in [3.63, 3.8) is 0 Å². The number of nitrogens with one attached hydrogen (secondary N) is 2. The van der Waals surface area contributed by atoms with Crippen molar-refractivity contribution in [1.29, 1.82) is 0 Å². The van der Waals surface area contributed by atoms with Crippen LogP contribution in [0.25, 0.3) is 0 Å². The van der Waals surface area contributed by atoms with Gasteiger partial charge in [0.2, 0.25) is 0 Å². The van der Waals surface area contributed by atoms with Crippen LogP contribution >= 0.6 is 0 Å². The fourth-order valence-corrected chi connectivity index (χ4v) is 1.48. The number of hydrogen-bond donors (Lipinski definition) is 2. The number of aryl methyl sites for hydroxylation is 1. The van der Waals surface area contributed by atoms with Crippen molar-refractivity contribution in [2.75, 3.05) is 17.7 Å². The minimum atomic E-state index is -0.230. The minimum Gasteiger partial charge on any atom is -0.387 e. The third kappa shape index (κ3) is 2.63. The molecular weight excluding hydrogens is 228 g/mol. The lowest BCUT2D eigenvalue weighted by Crippen LogP contribution is -2.14. The minimum absolute atomic E-state index is 0.230. The van der Waals surface area contributed by atoms with Crippen LogP contribution in [0.15, 0.2) is 36.8 Å². The molecule has 18 heavy (non-hydrogen) atoms. The first-order valence-corrected chi connectivity index (χ1v) is 5.56. The van der Waals surface area contributed by atoms with Gasteiger partial charge in [-0.2, -0.15) is 0 Å². The highest BCUT2D eigenvalue weighted by molar-refractivity contribution is 6.03. The summed E-state index contributed by atoms with van der Waals surface area (Å²) in [6.45, 7) is 1.89. The standard InChI is InChI=1S/C13H14N4O/c1-9-7-15-6-5-11(9)17-13(18)12-4-3-10(14-2)8-16-12/h3-8,14H,1-2H3,(H,15,17,18). The van der Waals surface area contributed by atoms with E-state index in [1.807, 2.05) is 6.92 Å². The highest BCUT2D eigenvalue weighted by atomic mass is 16.1. The molecule has 5 heteroatoms. The Balaban J connectivity index is 2.14. The largest absolute Gasteiger partial charge is 0.387 e. The van der Waals surface area contributed by atoms with Gasteiger partial charge in [-0.3, -0.25) is 9.78 Å². The second-order valence-corrected chi connectivity index (χ2v) is 3.83. The van der Waals surface area contributed by atoms with Crippen molar-refractivity contribution in [1.82, 2.24) is 9.97 Å². The quantitative estimate of drug-likeness (QED) is 0.864. The summed E-state index contributed by atoms with van der Waals surface area (Å²) in [5.74, 6) is -0.230. The molecule has 2 aromatic heterocycles. The maximum Gasteiger partial charge on any atom is 0.274 e. The molecule has 5 nitrogen and oxygen atoms in total. The third-order valence-corrected chi connectivity index (χ3v) is 2.55. The summed E-state index contributed by atoms with van der Waals surface area (Å²) in [6, 6.07) is 5.24. The van der Waals surface area contributed by atoms with Crippen LogP contribution in [0.3, 0.4) is 0 Å². The van der Waals surface area contributed by atoms with Crippen molar-refractivity contribution in [2.45, 2.75) is 6.92 Å². The molecule has 0 aliphatic carbocycles. The monoisotopic (exact) mass is 242 g/mol. The van der Waals surface area contributed by atoms with Crippen LogP contribution in [0.5, 0.6) is 0 Å². The van der Waals surface area contributed by atoms with E-state index in [4.69, 9.17) is 0 Å². The maximum atomic E-state index is 12.0. The Bertz CT molecular complexity index is 551. The van der Waals surface area contributed by atoms with Gasteiger partial charge < -0.3 is 10.6 Å². The van der Waals surface area contributed by atoms with E-state index in [0.717, 1.165) is 16.9 Å². The Hall–Kier alpha value is -2.43. The molecule has 0 aliphatic heterocycles. The normalized spacial score (nSPS) is 9.89. The third-order valence-electron chi connectivity index (χ3n) is 2.55. The number of aromatic nitrogens is 2. The Labute approximate surface area is 105 Å². The molecule has 0 saturated heterocycles. The zero-order chi connectivity index (χ0) is 13.0. The second-order valence-electron chi connectivity index (χ2n) is 3.83. The fourth-order valence-electron chi connectivity index (χ4n) is 1.48. The molecule has 0 saturated carbocycles. The lowest BCUT2D eigenvalue weighted by molar-refractivity contribution is 0.102. The number of carbonyl (C=O) groups excluding carboxylic acids is 1. The summed E-state index contributed by atoms with van der Waals surface area (Å²) in [5.41, 5.74) is 2.91. The van der Waals surface area contributed by atoms with Gasteiger partial charge in [0.15, 0.2) is 0 Å². The Kier molecular flexibility index (Phi) is 3.52. The molecule has 0 aliphatic rings. The van der Waals surface area contributed by atoms with E-state index in [-0.39, 0.29) is 5.91 Å². The SMILES string of the molecule is CNc1ccc(C(=O)Nc2ccncc2C)nc1. The van der Waals surface area contributed by atoms with E-state index < -0.39 is 0 Å². The van der Waals surface area contributed by atoms with Crippen molar-refractivity contribution in [2.24, 2.45) is 0 Å². The zero-order valence-electron chi connectivity index (χ0n) is 10.3. The van der Waals surface area contributed by atoms with Crippen molar-refractivity contribution in [3.05, 3.63) is 48.0 Å². The smallest absolute Gasteiger partial charge is 0.274 e. The topological polar surface area (TPSA) is 66.9 Å². The summed E-state index contributed by atoms with van der Waals surface area (Å²) in [5, 5.41) is 5.75. The van der Waals surface area contributed by atoms with Crippen LogP contribution in [-0.4, -0.2) is 22.9 Å². The van der Waals surface area contributed by atoms with Crippen LogP contribution in [0.2, 0.25) is 0 Å². The van der Waals surface area contributed by atoms with Gasteiger partial charge in [-0.15, -0.1) is 0 Å². The zero-order valence-corrected chi connectivity index (χ0v) is 10.3. The molecule has 0 spiro atoms. The summed E-state index contributed by atoms with van der Waals surface area (Å²) < 4.78 is 0. The fraction of sp³-hybridized carbons (Fsp3) is 0.154. The van der Waals surface area contributed by atoms with Crippen molar-refractivity contribution in [3.8, 4) is 0 Å². The van der Waals surface area contributed by atoms with Crippen LogP contribution in [0.1, 0.15) is 16.1 Å². The Morgan fingerprint density at radius 1 is 1.22 bits per heavy atom. The van der Waals surface area contributed by atoms with E-state index in [1.165, 1.54) is 0 Å². The number of pyridine rings is 2. The van der Waals surface area contributed by atoms with Gasteiger partial charge in [0.25, 0.3) is 5.91 Å². The second kappa shape index (κ2) is 5.27. The highest BCUT2D eigenvalue weighted by Gasteiger charge is 2.08. The van der Waals surface area contributed by atoms with Gasteiger partial charge in [-0.25, -0.2) is 4.98 Å². The lowest BCUT2D eigenvalue weighted by Gasteiger charge is -2.07. The molecule has 0 atom stereocenters. The number of hydrogen-bond acceptors (Lipinski definition) is 4. The molecule has 0 fully saturated rings. The summed E-state index contributed by atoms with van der Waals surface area (Å²) >= 11 is 0. The molecule has 2 N–H and O–H groups in total. The van der Waals surface area contributed by atoms with Gasteiger partial charge in [-0.05, 0) is 30.7 Å². The first kappa shape index (κ1) is 12.0. The molecule has 2 aromatic rings. The predicted molar refractivity (Wildman–Crippen MR) is 70.7 cm³/mol.